The van der Waals surface area contributed by atoms with Gasteiger partial charge in [-0.3, -0.25) is 9.59 Å². The van der Waals surface area contributed by atoms with Gasteiger partial charge >= 0.3 is 5.97 Å². The van der Waals surface area contributed by atoms with Crippen molar-refractivity contribution in [2.24, 2.45) is 0 Å². The predicted molar refractivity (Wildman–Crippen MR) is 104 cm³/mol. The normalized spacial score (nSPS) is 15.8. The van der Waals surface area contributed by atoms with Crippen LogP contribution in [0.4, 0.5) is 0 Å². The molecule has 0 fully saturated rings. The fourth-order valence-corrected chi connectivity index (χ4v) is 3.86. The lowest BCUT2D eigenvalue weighted by molar-refractivity contribution is -0.152. The average molecular weight is 416 g/mol. The van der Waals surface area contributed by atoms with Crippen LogP contribution in [0.2, 0.25) is 0 Å². The number of halogens is 1. The van der Waals surface area contributed by atoms with E-state index in [1.165, 1.54) is 11.1 Å². The molecule has 2 aromatic rings. The zero-order chi connectivity index (χ0) is 18.5. The molecule has 26 heavy (non-hydrogen) atoms. The summed E-state index contributed by atoms with van der Waals surface area (Å²) in [6.07, 6.45) is 3.20. The van der Waals surface area contributed by atoms with Crippen molar-refractivity contribution in [2.45, 2.75) is 31.7 Å². The van der Waals surface area contributed by atoms with Crippen LogP contribution >= 0.6 is 15.9 Å². The Morgan fingerprint density at radius 3 is 2.81 bits per heavy atom. The zero-order valence-electron chi connectivity index (χ0n) is 14.8. The van der Waals surface area contributed by atoms with Crippen LogP contribution in [0.25, 0.3) is 0 Å². The van der Waals surface area contributed by atoms with Crippen LogP contribution in [0.15, 0.2) is 53.0 Å². The Balaban J connectivity index is 1.56. The maximum Gasteiger partial charge on any atom is 0.310 e. The second-order valence-corrected chi connectivity index (χ2v) is 7.49. The lowest BCUT2D eigenvalue weighted by Crippen LogP contribution is -2.36. The number of hydrogen-bond donors (Lipinski definition) is 0. The molecule has 1 unspecified atom stereocenters. The van der Waals surface area contributed by atoms with Gasteiger partial charge in [-0.05, 0) is 48.1 Å². The molecule has 5 heteroatoms. The number of esters is 1. The van der Waals surface area contributed by atoms with Gasteiger partial charge in [0.1, 0.15) is 0 Å². The van der Waals surface area contributed by atoms with E-state index in [9.17, 15) is 9.59 Å². The monoisotopic (exact) mass is 415 g/mol. The fourth-order valence-electron chi connectivity index (χ4n) is 3.41. The summed E-state index contributed by atoms with van der Waals surface area (Å²) in [5.41, 5.74) is 3.36. The van der Waals surface area contributed by atoms with Gasteiger partial charge in [0, 0.05) is 11.5 Å². The van der Waals surface area contributed by atoms with Gasteiger partial charge in [0.25, 0.3) is 5.91 Å². The molecule has 0 spiro atoms. The highest BCUT2D eigenvalue weighted by molar-refractivity contribution is 9.10. The molecule has 1 aliphatic carbocycles. The summed E-state index contributed by atoms with van der Waals surface area (Å²) < 4.78 is 6.11. The third-order valence-electron chi connectivity index (χ3n) is 4.79. The number of aryl methyl sites for hydroxylation is 1. The highest BCUT2D eigenvalue weighted by atomic mass is 79.9. The number of carbonyl (C=O) groups is 2. The summed E-state index contributed by atoms with van der Waals surface area (Å²) in [6.45, 7) is -0.220. The second kappa shape index (κ2) is 8.49. The minimum atomic E-state index is -0.395. The quantitative estimate of drug-likeness (QED) is 0.691. The van der Waals surface area contributed by atoms with E-state index in [2.05, 4.69) is 28.1 Å². The number of nitrogens with zero attached hydrogens (tertiary/aromatic N) is 1. The van der Waals surface area contributed by atoms with Gasteiger partial charge in [0.2, 0.25) is 0 Å². The zero-order valence-corrected chi connectivity index (χ0v) is 16.4. The summed E-state index contributed by atoms with van der Waals surface area (Å²) in [5.74, 6) is -0.566. The molecular weight excluding hydrogens is 394 g/mol. The van der Waals surface area contributed by atoms with Gasteiger partial charge in [-0.2, -0.15) is 0 Å². The summed E-state index contributed by atoms with van der Waals surface area (Å²) in [7, 11) is 1.79. The number of benzene rings is 2. The van der Waals surface area contributed by atoms with Gasteiger partial charge < -0.3 is 9.64 Å². The first kappa shape index (κ1) is 18.6. The van der Waals surface area contributed by atoms with Crippen molar-refractivity contribution < 1.29 is 14.3 Å². The van der Waals surface area contributed by atoms with Crippen LogP contribution in [0.3, 0.4) is 0 Å². The van der Waals surface area contributed by atoms with E-state index in [-0.39, 0.29) is 25.0 Å². The number of carbonyl (C=O) groups excluding carboxylic acids is 2. The van der Waals surface area contributed by atoms with Gasteiger partial charge in [-0.1, -0.05) is 52.3 Å². The van der Waals surface area contributed by atoms with Crippen LogP contribution in [0, 0.1) is 0 Å². The topological polar surface area (TPSA) is 46.6 Å². The Bertz CT molecular complexity index is 805. The van der Waals surface area contributed by atoms with Gasteiger partial charge in [0.05, 0.1) is 12.5 Å². The molecule has 136 valence electrons. The average Bonchev–Trinajstić information content (AvgIpc) is 2.65. The maximum absolute atomic E-state index is 12.5. The number of likely N-dealkylation sites (N-methyl/N-ethyl adjacent to an activating group) is 1. The van der Waals surface area contributed by atoms with Gasteiger partial charge in [0.15, 0.2) is 6.61 Å². The molecule has 3 rings (SSSR count). The van der Waals surface area contributed by atoms with Crippen molar-refractivity contribution in [1.29, 1.82) is 0 Å². The summed E-state index contributed by atoms with van der Waals surface area (Å²) in [5, 5.41) is 0. The van der Waals surface area contributed by atoms with Crippen molar-refractivity contribution in [3.63, 3.8) is 0 Å². The highest BCUT2D eigenvalue weighted by Crippen LogP contribution is 2.33. The molecule has 0 heterocycles. The molecule has 1 amide bonds. The van der Waals surface area contributed by atoms with Crippen LogP contribution in [-0.4, -0.2) is 30.4 Å². The lowest BCUT2D eigenvalue weighted by atomic mass is 9.87. The van der Waals surface area contributed by atoms with E-state index in [1.54, 1.807) is 11.9 Å². The summed E-state index contributed by atoms with van der Waals surface area (Å²) in [6, 6.07) is 15.8. The molecule has 0 saturated heterocycles. The van der Waals surface area contributed by atoms with E-state index in [0.717, 1.165) is 29.3 Å². The smallest absolute Gasteiger partial charge is 0.310 e. The molecule has 0 radical (unpaired) electrons. The first-order valence-corrected chi connectivity index (χ1v) is 9.57. The first-order valence-electron chi connectivity index (χ1n) is 8.78. The molecule has 1 aliphatic rings. The van der Waals surface area contributed by atoms with E-state index in [1.807, 2.05) is 36.4 Å². The Morgan fingerprint density at radius 2 is 2.00 bits per heavy atom. The molecule has 2 aromatic carbocycles. The molecular formula is C21H22BrNO3. The molecule has 0 bridgehead atoms. The van der Waals surface area contributed by atoms with Crippen LogP contribution < -0.4 is 0 Å². The number of ether oxygens (including phenoxy) is 1. The third-order valence-corrected chi connectivity index (χ3v) is 5.29. The largest absolute Gasteiger partial charge is 0.455 e. The molecule has 0 aliphatic heterocycles. The number of fused-ring (bicyclic) bond motifs is 1. The standard InChI is InChI=1S/C21H22BrNO3/c1-23(19-11-5-8-16-7-2-3-10-18(16)19)20(24)14-26-21(25)13-15-6-4-9-17(22)12-15/h2-4,6-7,9-10,12,19H,5,8,11,13-14H2,1H3. The predicted octanol–water partition coefficient (Wildman–Crippen LogP) is 4.07. The molecule has 0 N–H and O–H groups in total. The van der Waals surface area contributed by atoms with Gasteiger partial charge in [-0.25, -0.2) is 0 Å². The van der Waals surface area contributed by atoms with Crippen molar-refractivity contribution in [3.05, 3.63) is 69.7 Å². The Kier molecular flexibility index (Phi) is 6.09. The van der Waals surface area contributed by atoms with Crippen LogP contribution in [-0.2, 0) is 27.2 Å². The van der Waals surface area contributed by atoms with Crippen molar-refractivity contribution in [1.82, 2.24) is 4.90 Å². The lowest BCUT2D eigenvalue weighted by Gasteiger charge is -2.33. The summed E-state index contributed by atoms with van der Waals surface area (Å²) in [4.78, 5) is 26.2. The van der Waals surface area contributed by atoms with Crippen molar-refractivity contribution in [3.8, 4) is 0 Å². The van der Waals surface area contributed by atoms with E-state index in [4.69, 9.17) is 4.74 Å². The molecule has 1 atom stereocenters. The van der Waals surface area contributed by atoms with Crippen LogP contribution in [0.5, 0.6) is 0 Å². The molecule has 0 saturated carbocycles. The molecule has 0 aromatic heterocycles. The number of amides is 1. The Labute approximate surface area is 162 Å². The SMILES string of the molecule is CN(C(=O)COC(=O)Cc1cccc(Br)c1)C1CCCc2ccccc21. The van der Waals surface area contributed by atoms with E-state index >= 15 is 0 Å². The van der Waals surface area contributed by atoms with E-state index in [0.29, 0.717) is 0 Å². The third kappa shape index (κ3) is 4.52. The van der Waals surface area contributed by atoms with E-state index < -0.39 is 5.97 Å². The second-order valence-electron chi connectivity index (χ2n) is 6.58. The van der Waals surface area contributed by atoms with Crippen LogP contribution in [0.1, 0.15) is 35.6 Å². The number of hydrogen-bond acceptors (Lipinski definition) is 3. The first-order chi connectivity index (χ1) is 12.5. The fraction of sp³-hybridized carbons (Fsp3) is 0.333. The molecule has 4 nitrogen and oxygen atoms in total. The van der Waals surface area contributed by atoms with Crippen molar-refractivity contribution >= 4 is 27.8 Å². The van der Waals surface area contributed by atoms with Crippen molar-refractivity contribution in [2.75, 3.05) is 13.7 Å². The highest BCUT2D eigenvalue weighted by Gasteiger charge is 2.26. The number of rotatable bonds is 5. The Morgan fingerprint density at radius 1 is 1.19 bits per heavy atom. The maximum atomic E-state index is 12.5. The Hall–Kier alpha value is -2.14. The summed E-state index contributed by atoms with van der Waals surface area (Å²) >= 11 is 3.38. The van der Waals surface area contributed by atoms with Gasteiger partial charge in [-0.15, -0.1) is 0 Å². The minimum Gasteiger partial charge on any atom is -0.455 e. The minimum absolute atomic E-state index is 0.0521.